The molecule has 0 radical (unpaired) electrons. The smallest absolute Gasteiger partial charge is 0.234 e. The van der Waals surface area contributed by atoms with Crippen LogP contribution in [0.15, 0.2) is 0 Å². The molecule has 0 rings (SSSR count). The fraction of sp³-hybridized carbons (Fsp3) is 0.923. The highest BCUT2D eigenvalue weighted by Crippen LogP contribution is 2.08. The number of carbonyl (C=O) groups is 1. The van der Waals surface area contributed by atoms with E-state index in [9.17, 15) is 4.79 Å². The van der Waals surface area contributed by atoms with Gasteiger partial charge in [-0.25, -0.2) is 0 Å². The van der Waals surface area contributed by atoms with E-state index in [-0.39, 0.29) is 17.0 Å². The number of likely N-dealkylation sites (N-methyl/N-ethyl adjacent to an activating group) is 1. The summed E-state index contributed by atoms with van der Waals surface area (Å²) < 4.78 is 0. The number of nitrogens with one attached hydrogen (secondary N) is 2. The van der Waals surface area contributed by atoms with Gasteiger partial charge in [-0.2, -0.15) is 0 Å². The van der Waals surface area contributed by atoms with Gasteiger partial charge in [-0.1, -0.05) is 6.92 Å². The number of nitrogens with zero attached hydrogens (tertiary/aromatic N) is 1. The monoisotopic (exact) mass is 243 g/mol. The number of hydrogen-bond acceptors (Lipinski definition) is 3. The zero-order chi connectivity index (χ0) is 13.7. The molecule has 0 spiro atoms. The van der Waals surface area contributed by atoms with Gasteiger partial charge in [0.2, 0.25) is 5.91 Å². The van der Waals surface area contributed by atoms with E-state index in [0.717, 1.165) is 13.0 Å². The normalized spacial score (nSPS) is 12.9. The first-order valence-electron chi connectivity index (χ1n) is 6.30. The van der Waals surface area contributed by atoms with Crippen LogP contribution < -0.4 is 10.6 Å². The molecule has 0 aromatic carbocycles. The summed E-state index contributed by atoms with van der Waals surface area (Å²) in [5.41, 5.74) is -0.0591. The standard InChI is InChI=1S/C13H29N3O/c1-8-12(2,3)15-11(17)9-14-10-13(4,5)16(6)7/h14H,8-10H2,1-7H3,(H,15,17). The van der Waals surface area contributed by atoms with Crippen LogP contribution in [0, 0.1) is 0 Å². The highest BCUT2D eigenvalue weighted by Gasteiger charge is 2.21. The molecule has 0 bridgehead atoms. The summed E-state index contributed by atoms with van der Waals surface area (Å²) in [6.45, 7) is 11.6. The molecule has 0 aliphatic heterocycles. The molecule has 0 aromatic heterocycles. The average Bonchev–Trinajstić information content (AvgIpc) is 2.16. The minimum absolute atomic E-state index is 0.0561. The maximum absolute atomic E-state index is 11.7. The molecular formula is C13H29N3O. The lowest BCUT2D eigenvalue weighted by molar-refractivity contribution is -0.121. The van der Waals surface area contributed by atoms with Gasteiger partial charge in [-0.15, -0.1) is 0 Å². The fourth-order valence-corrected chi connectivity index (χ4v) is 1.15. The molecule has 0 atom stereocenters. The minimum Gasteiger partial charge on any atom is -0.350 e. The predicted molar refractivity (Wildman–Crippen MR) is 73.1 cm³/mol. The van der Waals surface area contributed by atoms with Gasteiger partial charge < -0.3 is 15.5 Å². The van der Waals surface area contributed by atoms with Crippen LogP contribution in [-0.2, 0) is 4.79 Å². The van der Waals surface area contributed by atoms with Crippen LogP contribution in [-0.4, -0.2) is 49.1 Å². The van der Waals surface area contributed by atoms with Gasteiger partial charge in [0.15, 0.2) is 0 Å². The van der Waals surface area contributed by atoms with Crippen LogP contribution in [0.3, 0.4) is 0 Å². The van der Waals surface area contributed by atoms with E-state index >= 15 is 0 Å². The van der Waals surface area contributed by atoms with Crippen molar-refractivity contribution in [2.24, 2.45) is 0 Å². The lowest BCUT2D eigenvalue weighted by Gasteiger charge is -2.33. The first kappa shape index (κ1) is 16.4. The van der Waals surface area contributed by atoms with Crippen LogP contribution in [0.4, 0.5) is 0 Å². The molecule has 0 fully saturated rings. The van der Waals surface area contributed by atoms with Gasteiger partial charge in [-0.3, -0.25) is 4.79 Å². The van der Waals surface area contributed by atoms with Crippen molar-refractivity contribution in [2.45, 2.75) is 52.1 Å². The summed E-state index contributed by atoms with van der Waals surface area (Å²) in [6.07, 6.45) is 0.932. The predicted octanol–water partition coefficient (Wildman–Crippen LogP) is 1.22. The SMILES string of the molecule is CCC(C)(C)NC(=O)CNCC(C)(C)N(C)C. The summed E-state index contributed by atoms with van der Waals surface area (Å²) in [7, 11) is 4.09. The quantitative estimate of drug-likeness (QED) is 0.707. The van der Waals surface area contributed by atoms with Crippen molar-refractivity contribution in [1.29, 1.82) is 0 Å². The Labute approximate surface area is 106 Å². The summed E-state index contributed by atoms with van der Waals surface area (Å²) in [4.78, 5) is 13.8. The Kier molecular flexibility index (Phi) is 6.13. The Morgan fingerprint density at radius 1 is 1.18 bits per heavy atom. The number of rotatable bonds is 7. The molecule has 2 N–H and O–H groups in total. The summed E-state index contributed by atoms with van der Waals surface area (Å²) in [5, 5.41) is 6.21. The molecule has 0 aromatic rings. The molecule has 0 aliphatic rings. The largest absolute Gasteiger partial charge is 0.350 e. The van der Waals surface area contributed by atoms with Gasteiger partial charge in [0.1, 0.15) is 0 Å². The van der Waals surface area contributed by atoms with E-state index in [2.05, 4.69) is 36.3 Å². The zero-order valence-electron chi connectivity index (χ0n) is 12.5. The second-order valence-corrected chi connectivity index (χ2v) is 6.10. The molecule has 0 heterocycles. The van der Waals surface area contributed by atoms with Crippen molar-refractivity contribution in [2.75, 3.05) is 27.2 Å². The van der Waals surface area contributed by atoms with Crippen molar-refractivity contribution in [3.63, 3.8) is 0 Å². The summed E-state index contributed by atoms with van der Waals surface area (Å²) in [5.74, 6) is 0.0615. The molecule has 4 nitrogen and oxygen atoms in total. The van der Waals surface area contributed by atoms with E-state index in [1.807, 2.05) is 27.9 Å². The third-order valence-corrected chi connectivity index (χ3v) is 3.42. The topological polar surface area (TPSA) is 44.4 Å². The molecule has 4 heteroatoms. The maximum Gasteiger partial charge on any atom is 0.234 e. The molecule has 1 amide bonds. The van der Waals surface area contributed by atoms with Gasteiger partial charge in [-0.05, 0) is 48.2 Å². The molecule has 17 heavy (non-hydrogen) atoms. The first-order valence-corrected chi connectivity index (χ1v) is 6.30. The van der Waals surface area contributed by atoms with Gasteiger partial charge in [0, 0.05) is 17.6 Å². The highest BCUT2D eigenvalue weighted by atomic mass is 16.2. The lowest BCUT2D eigenvalue weighted by atomic mass is 10.0. The molecule has 102 valence electrons. The zero-order valence-corrected chi connectivity index (χ0v) is 12.5. The van der Waals surface area contributed by atoms with E-state index in [4.69, 9.17) is 0 Å². The average molecular weight is 243 g/mol. The third kappa shape index (κ3) is 6.64. The minimum atomic E-state index is -0.115. The van der Waals surface area contributed by atoms with Crippen LogP contribution in [0.2, 0.25) is 0 Å². The van der Waals surface area contributed by atoms with Crippen LogP contribution >= 0.6 is 0 Å². The molecule has 0 saturated carbocycles. The van der Waals surface area contributed by atoms with Crippen LogP contribution in [0.5, 0.6) is 0 Å². The molecule has 0 unspecified atom stereocenters. The molecule has 0 saturated heterocycles. The third-order valence-electron chi connectivity index (χ3n) is 3.42. The maximum atomic E-state index is 11.7. The second kappa shape index (κ2) is 6.36. The molecule has 0 aliphatic carbocycles. The summed E-state index contributed by atoms with van der Waals surface area (Å²) >= 11 is 0. The highest BCUT2D eigenvalue weighted by molar-refractivity contribution is 5.78. The number of carbonyl (C=O) groups excluding carboxylic acids is 1. The number of hydrogen-bond donors (Lipinski definition) is 2. The van der Waals surface area contributed by atoms with E-state index < -0.39 is 0 Å². The van der Waals surface area contributed by atoms with E-state index in [0.29, 0.717) is 6.54 Å². The van der Waals surface area contributed by atoms with Gasteiger partial charge >= 0.3 is 0 Å². The second-order valence-electron chi connectivity index (χ2n) is 6.10. The Bertz CT molecular complexity index is 247. The Hall–Kier alpha value is -0.610. The van der Waals surface area contributed by atoms with Gasteiger partial charge in [0.05, 0.1) is 6.54 Å². The lowest BCUT2D eigenvalue weighted by Crippen LogP contribution is -2.51. The van der Waals surface area contributed by atoms with Crippen molar-refractivity contribution in [1.82, 2.24) is 15.5 Å². The van der Waals surface area contributed by atoms with Crippen molar-refractivity contribution >= 4 is 5.91 Å². The van der Waals surface area contributed by atoms with Crippen LogP contribution in [0.1, 0.15) is 41.0 Å². The van der Waals surface area contributed by atoms with E-state index in [1.165, 1.54) is 0 Å². The number of amides is 1. The summed E-state index contributed by atoms with van der Waals surface area (Å²) in [6, 6.07) is 0. The fourth-order valence-electron chi connectivity index (χ4n) is 1.15. The van der Waals surface area contributed by atoms with Crippen molar-refractivity contribution in [3.05, 3.63) is 0 Å². The Morgan fingerprint density at radius 2 is 1.71 bits per heavy atom. The first-order chi connectivity index (χ1) is 7.60. The molecular weight excluding hydrogens is 214 g/mol. The van der Waals surface area contributed by atoms with Crippen LogP contribution in [0.25, 0.3) is 0 Å². The van der Waals surface area contributed by atoms with E-state index in [1.54, 1.807) is 0 Å². The van der Waals surface area contributed by atoms with Gasteiger partial charge in [0.25, 0.3) is 0 Å². The Morgan fingerprint density at radius 3 is 2.12 bits per heavy atom. The van der Waals surface area contributed by atoms with Crippen molar-refractivity contribution in [3.8, 4) is 0 Å². The Balaban J connectivity index is 3.95. The van der Waals surface area contributed by atoms with Crippen molar-refractivity contribution < 1.29 is 4.79 Å².